The number of nitrogens with zero attached hydrogens (tertiary/aromatic N) is 3. The highest BCUT2D eigenvalue weighted by Crippen LogP contribution is 2.26. The number of aromatic nitrogens is 2. The molecule has 1 aliphatic rings. The van der Waals surface area contributed by atoms with E-state index in [1.165, 1.54) is 11.6 Å². The van der Waals surface area contributed by atoms with Crippen LogP contribution in [-0.2, 0) is 11.3 Å². The van der Waals surface area contributed by atoms with Gasteiger partial charge in [-0.1, -0.05) is 0 Å². The molecule has 3 rings (SSSR count). The van der Waals surface area contributed by atoms with E-state index < -0.39 is 5.97 Å². The molecular formula is C19H22N4O4. The van der Waals surface area contributed by atoms with Crippen LogP contribution >= 0.6 is 0 Å². The fraction of sp³-hybridized carbons (Fsp3) is 0.368. The number of hydrogen-bond acceptors (Lipinski definition) is 4. The number of urea groups is 1. The molecule has 2 amide bonds. The summed E-state index contributed by atoms with van der Waals surface area (Å²) in [6.45, 7) is 2.51. The Hall–Kier alpha value is -3.16. The molecule has 0 unspecified atom stereocenters. The van der Waals surface area contributed by atoms with Gasteiger partial charge >= 0.3 is 12.0 Å². The van der Waals surface area contributed by atoms with Gasteiger partial charge in [-0.15, -0.1) is 0 Å². The van der Waals surface area contributed by atoms with Gasteiger partial charge in [0.15, 0.2) is 5.78 Å². The van der Waals surface area contributed by atoms with Gasteiger partial charge in [-0.3, -0.25) is 14.3 Å². The number of carbonyl (C=O) groups is 3. The van der Waals surface area contributed by atoms with E-state index in [0.717, 1.165) is 18.5 Å². The van der Waals surface area contributed by atoms with Crippen molar-refractivity contribution >= 4 is 23.5 Å². The first kappa shape index (κ1) is 18.6. The van der Waals surface area contributed by atoms with E-state index in [1.807, 2.05) is 6.07 Å². The summed E-state index contributed by atoms with van der Waals surface area (Å²) in [5.41, 5.74) is 2.04. The number of carbonyl (C=O) groups excluding carboxylic acids is 2. The first-order chi connectivity index (χ1) is 12.9. The highest BCUT2D eigenvalue weighted by atomic mass is 16.4. The third-order valence-corrected chi connectivity index (χ3v) is 4.63. The van der Waals surface area contributed by atoms with Crippen LogP contribution in [0.25, 0.3) is 0 Å². The largest absolute Gasteiger partial charge is 0.480 e. The number of carboxylic acid groups (broad SMARTS) is 1. The fourth-order valence-electron chi connectivity index (χ4n) is 3.22. The van der Waals surface area contributed by atoms with Crippen molar-refractivity contribution in [2.45, 2.75) is 32.2 Å². The van der Waals surface area contributed by atoms with E-state index in [9.17, 15) is 14.4 Å². The monoisotopic (exact) mass is 370 g/mol. The lowest BCUT2D eigenvalue weighted by Gasteiger charge is -2.32. The van der Waals surface area contributed by atoms with E-state index >= 15 is 0 Å². The number of ketones is 1. The van der Waals surface area contributed by atoms with Crippen molar-refractivity contribution < 1.29 is 19.5 Å². The summed E-state index contributed by atoms with van der Waals surface area (Å²) in [5, 5.41) is 16.0. The molecule has 2 aromatic rings. The molecule has 2 N–H and O–H groups in total. The molecule has 1 aromatic carbocycles. The molecule has 8 nitrogen and oxygen atoms in total. The predicted octanol–water partition coefficient (Wildman–Crippen LogP) is 2.58. The molecule has 1 aliphatic heterocycles. The Morgan fingerprint density at radius 2 is 1.96 bits per heavy atom. The second-order valence-corrected chi connectivity index (χ2v) is 6.68. The zero-order chi connectivity index (χ0) is 19.4. The minimum atomic E-state index is -0.940. The Kier molecular flexibility index (Phi) is 5.54. The van der Waals surface area contributed by atoms with Gasteiger partial charge < -0.3 is 15.3 Å². The molecule has 2 heterocycles. The number of hydrogen-bond donors (Lipinski definition) is 2. The molecule has 0 aliphatic carbocycles. The van der Waals surface area contributed by atoms with Gasteiger partial charge in [0.05, 0.1) is 5.69 Å². The minimum absolute atomic E-state index is 0.0194. The maximum Gasteiger partial charge on any atom is 0.325 e. The van der Waals surface area contributed by atoms with Gasteiger partial charge in [-0.2, -0.15) is 5.10 Å². The average Bonchev–Trinajstić information content (AvgIpc) is 3.10. The molecule has 1 fully saturated rings. The third-order valence-electron chi connectivity index (χ3n) is 4.63. The molecular weight excluding hydrogens is 348 g/mol. The number of amides is 2. The van der Waals surface area contributed by atoms with E-state index in [0.29, 0.717) is 24.3 Å². The number of benzene rings is 1. The summed E-state index contributed by atoms with van der Waals surface area (Å²) in [6.07, 6.45) is 3.41. The van der Waals surface area contributed by atoms with Crippen LogP contribution in [0.2, 0.25) is 0 Å². The van der Waals surface area contributed by atoms with Crippen molar-refractivity contribution in [1.82, 2.24) is 14.7 Å². The number of Topliss-reactive ketones (excluding diaryl/α,β-unsaturated/α-hetero) is 1. The smallest absolute Gasteiger partial charge is 0.325 e. The third kappa shape index (κ3) is 4.72. The van der Waals surface area contributed by atoms with E-state index in [-0.39, 0.29) is 24.3 Å². The fourth-order valence-corrected chi connectivity index (χ4v) is 3.22. The summed E-state index contributed by atoms with van der Waals surface area (Å²) >= 11 is 0. The second kappa shape index (κ2) is 8.03. The number of aliphatic carboxylic acids is 1. The van der Waals surface area contributed by atoms with Gasteiger partial charge in [0.25, 0.3) is 0 Å². The van der Waals surface area contributed by atoms with E-state index in [4.69, 9.17) is 5.11 Å². The molecule has 0 spiro atoms. The normalized spacial score (nSPS) is 16.8. The summed E-state index contributed by atoms with van der Waals surface area (Å²) < 4.78 is 1.40. The standard InChI is InChI=1S/C19H22N4O4/c1-13(24)14-4-6-16(7-5-14)20-19(27)22-9-2-3-15(11-22)17-8-10-23(21-17)12-18(25)26/h4-8,10,15H,2-3,9,11-12H2,1H3,(H,20,27)(H,25,26)/t15-/m0/s1. The van der Waals surface area contributed by atoms with Crippen LogP contribution in [-0.4, -0.2) is 50.7 Å². The first-order valence-electron chi connectivity index (χ1n) is 8.84. The Morgan fingerprint density at radius 1 is 1.22 bits per heavy atom. The van der Waals surface area contributed by atoms with Crippen molar-refractivity contribution in [2.75, 3.05) is 18.4 Å². The molecule has 27 heavy (non-hydrogen) atoms. The zero-order valence-corrected chi connectivity index (χ0v) is 15.1. The highest BCUT2D eigenvalue weighted by Gasteiger charge is 2.26. The molecule has 0 bridgehead atoms. The van der Waals surface area contributed by atoms with Crippen LogP contribution < -0.4 is 5.32 Å². The Bertz CT molecular complexity index is 844. The predicted molar refractivity (Wildman–Crippen MR) is 98.9 cm³/mol. The SMILES string of the molecule is CC(=O)c1ccc(NC(=O)N2CCC[C@H](c3ccn(CC(=O)O)n3)C2)cc1. The summed E-state index contributed by atoms with van der Waals surface area (Å²) in [4.78, 5) is 36.4. The van der Waals surface area contributed by atoms with Crippen LogP contribution in [0, 0.1) is 0 Å². The molecule has 0 radical (unpaired) electrons. The zero-order valence-electron chi connectivity index (χ0n) is 15.1. The quantitative estimate of drug-likeness (QED) is 0.787. The molecule has 142 valence electrons. The number of nitrogens with one attached hydrogen (secondary N) is 1. The number of rotatable bonds is 5. The van der Waals surface area contributed by atoms with Crippen molar-refractivity contribution in [3.05, 3.63) is 47.8 Å². The Balaban J connectivity index is 1.61. The number of piperidine rings is 1. The number of carboxylic acids is 1. The number of anilines is 1. The van der Waals surface area contributed by atoms with Gasteiger partial charge in [0.2, 0.25) is 0 Å². The van der Waals surface area contributed by atoms with Crippen LogP contribution in [0.15, 0.2) is 36.5 Å². The molecule has 8 heteroatoms. The molecule has 1 atom stereocenters. The lowest BCUT2D eigenvalue weighted by molar-refractivity contribution is -0.137. The van der Waals surface area contributed by atoms with Crippen molar-refractivity contribution in [2.24, 2.45) is 0 Å². The Labute approximate surface area is 156 Å². The van der Waals surface area contributed by atoms with Gasteiger partial charge in [0.1, 0.15) is 6.54 Å². The van der Waals surface area contributed by atoms with Gasteiger partial charge in [-0.25, -0.2) is 4.79 Å². The van der Waals surface area contributed by atoms with E-state index in [2.05, 4.69) is 10.4 Å². The van der Waals surface area contributed by atoms with Gasteiger partial charge in [-0.05, 0) is 50.1 Å². The van der Waals surface area contributed by atoms with Crippen LogP contribution in [0.3, 0.4) is 0 Å². The van der Waals surface area contributed by atoms with Crippen molar-refractivity contribution in [1.29, 1.82) is 0 Å². The van der Waals surface area contributed by atoms with Crippen LogP contribution in [0.4, 0.5) is 10.5 Å². The average molecular weight is 370 g/mol. The maximum absolute atomic E-state index is 12.6. The van der Waals surface area contributed by atoms with Crippen molar-refractivity contribution in [3.8, 4) is 0 Å². The first-order valence-corrected chi connectivity index (χ1v) is 8.84. The van der Waals surface area contributed by atoms with Crippen LogP contribution in [0.1, 0.15) is 41.7 Å². The van der Waals surface area contributed by atoms with E-state index in [1.54, 1.807) is 35.4 Å². The molecule has 1 saturated heterocycles. The van der Waals surface area contributed by atoms with Gasteiger partial charge in [0, 0.05) is 36.5 Å². The number of likely N-dealkylation sites (tertiary alicyclic amines) is 1. The lowest BCUT2D eigenvalue weighted by Crippen LogP contribution is -2.41. The van der Waals surface area contributed by atoms with Crippen molar-refractivity contribution in [3.63, 3.8) is 0 Å². The molecule has 0 saturated carbocycles. The lowest BCUT2D eigenvalue weighted by atomic mass is 9.95. The maximum atomic E-state index is 12.6. The topological polar surface area (TPSA) is 105 Å². The minimum Gasteiger partial charge on any atom is -0.480 e. The highest BCUT2D eigenvalue weighted by molar-refractivity contribution is 5.95. The molecule has 1 aromatic heterocycles. The second-order valence-electron chi connectivity index (χ2n) is 6.68. The Morgan fingerprint density at radius 3 is 2.63 bits per heavy atom. The summed E-state index contributed by atoms with van der Waals surface area (Å²) in [7, 11) is 0. The van der Waals surface area contributed by atoms with Crippen LogP contribution in [0.5, 0.6) is 0 Å². The summed E-state index contributed by atoms with van der Waals surface area (Å²) in [6, 6.07) is 8.42. The summed E-state index contributed by atoms with van der Waals surface area (Å²) in [5.74, 6) is -0.876.